The molecule has 1 saturated heterocycles. The van der Waals surface area contributed by atoms with Gasteiger partial charge in [0, 0.05) is 19.3 Å². The molecule has 0 unspecified atom stereocenters. The Kier molecular flexibility index (Phi) is 3.68. The first-order valence-corrected chi connectivity index (χ1v) is 7.50. The Morgan fingerprint density at radius 2 is 2.35 bits per heavy atom. The maximum atomic E-state index is 9.22. The minimum Gasteiger partial charge on any atom is -0.367 e. The number of aromatic nitrogens is 1. The number of hydrogen-bond acceptors (Lipinski definition) is 5. The maximum absolute atomic E-state index is 9.22. The van der Waals surface area contributed by atoms with Crippen LogP contribution in [0.2, 0.25) is 0 Å². The Morgan fingerprint density at radius 3 is 3.10 bits per heavy atom. The summed E-state index contributed by atoms with van der Waals surface area (Å²) in [5.74, 6) is 0.755. The van der Waals surface area contributed by atoms with Gasteiger partial charge in [-0.15, -0.1) is 0 Å². The molecule has 2 atom stereocenters. The van der Waals surface area contributed by atoms with Gasteiger partial charge < -0.3 is 9.64 Å². The number of rotatable bonds is 2. The van der Waals surface area contributed by atoms with E-state index < -0.39 is 0 Å². The van der Waals surface area contributed by atoms with E-state index in [0.29, 0.717) is 5.56 Å². The van der Waals surface area contributed by atoms with Crippen molar-refractivity contribution in [2.75, 3.05) is 18.0 Å². The highest BCUT2D eigenvalue weighted by Gasteiger charge is 2.28. The molecule has 20 heavy (non-hydrogen) atoms. The highest BCUT2D eigenvalue weighted by Crippen LogP contribution is 2.30. The summed E-state index contributed by atoms with van der Waals surface area (Å²) in [7, 11) is 0. The number of morpholine rings is 1. The van der Waals surface area contributed by atoms with E-state index in [1.165, 1.54) is 5.56 Å². The number of hydrogen-bond donors (Lipinski definition) is 0. The number of pyridine rings is 1. The van der Waals surface area contributed by atoms with Crippen LogP contribution >= 0.6 is 11.3 Å². The molecule has 0 aliphatic carbocycles. The number of nitriles is 1. The van der Waals surface area contributed by atoms with Crippen molar-refractivity contribution in [3.8, 4) is 6.07 Å². The fourth-order valence-corrected chi connectivity index (χ4v) is 3.20. The monoisotopic (exact) mass is 285 g/mol. The second-order valence-corrected chi connectivity index (χ2v) is 5.66. The molecule has 0 aromatic carbocycles. The Labute approximate surface area is 122 Å². The zero-order valence-corrected chi connectivity index (χ0v) is 12.0. The Hall–Kier alpha value is -1.90. The third-order valence-electron chi connectivity index (χ3n) is 3.38. The maximum Gasteiger partial charge on any atom is 0.146 e. The average Bonchev–Trinajstić information content (AvgIpc) is 3.01. The zero-order valence-electron chi connectivity index (χ0n) is 11.2. The molecule has 3 rings (SSSR count). The van der Waals surface area contributed by atoms with Gasteiger partial charge in [0.05, 0.1) is 11.7 Å². The molecule has 102 valence electrons. The quantitative estimate of drug-likeness (QED) is 0.851. The fourth-order valence-electron chi connectivity index (χ4n) is 2.50. The van der Waals surface area contributed by atoms with Gasteiger partial charge in [0.1, 0.15) is 18.0 Å². The predicted octanol–water partition coefficient (Wildman–Crippen LogP) is 2.98. The van der Waals surface area contributed by atoms with Crippen LogP contribution in [0, 0.1) is 11.3 Å². The number of nitrogens with zero attached hydrogens (tertiary/aromatic N) is 3. The Bertz CT molecular complexity index is 620. The summed E-state index contributed by atoms with van der Waals surface area (Å²) in [4.78, 5) is 6.52. The molecule has 4 nitrogen and oxygen atoms in total. The van der Waals surface area contributed by atoms with Crippen molar-refractivity contribution in [3.63, 3.8) is 0 Å². The molecule has 3 heterocycles. The van der Waals surface area contributed by atoms with Crippen LogP contribution in [-0.2, 0) is 4.74 Å². The molecule has 0 spiro atoms. The highest BCUT2D eigenvalue weighted by atomic mass is 32.1. The Balaban J connectivity index is 1.88. The van der Waals surface area contributed by atoms with Crippen molar-refractivity contribution in [1.29, 1.82) is 5.26 Å². The standard InChI is InChI=1S/C15H15N3OS/c1-11-8-18(15-12(7-16)3-2-5-17-15)9-14(19-11)13-4-6-20-10-13/h2-6,10-11,14H,8-9H2,1H3/t11-,14-/m0/s1. The molecular weight excluding hydrogens is 270 g/mol. The third kappa shape index (κ3) is 2.53. The minimum absolute atomic E-state index is 0.0403. The summed E-state index contributed by atoms with van der Waals surface area (Å²) < 4.78 is 6.01. The largest absolute Gasteiger partial charge is 0.367 e. The number of anilines is 1. The summed E-state index contributed by atoms with van der Waals surface area (Å²) >= 11 is 1.67. The van der Waals surface area contributed by atoms with E-state index in [4.69, 9.17) is 4.74 Å². The lowest BCUT2D eigenvalue weighted by molar-refractivity contribution is -0.0174. The van der Waals surface area contributed by atoms with E-state index in [9.17, 15) is 5.26 Å². The lowest BCUT2D eigenvalue weighted by Crippen LogP contribution is -2.43. The summed E-state index contributed by atoms with van der Waals surface area (Å²) in [5, 5.41) is 13.4. The third-order valence-corrected chi connectivity index (χ3v) is 4.08. The van der Waals surface area contributed by atoms with E-state index >= 15 is 0 Å². The summed E-state index contributed by atoms with van der Waals surface area (Å²) in [6, 6.07) is 7.91. The van der Waals surface area contributed by atoms with Gasteiger partial charge >= 0.3 is 0 Å². The van der Waals surface area contributed by atoms with Crippen LogP contribution in [0.3, 0.4) is 0 Å². The molecule has 0 bridgehead atoms. The van der Waals surface area contributed by atoms with Crippen LogP contribution in [0.1, 0.15) is 24.2 Å². The summed E-state index contributed by atoms with van der Waals surface area (Å²) in [6.07, 6.45) is 1.89. The van der Waals surface area contributed by atoms with Crippen molar-refractivity contribution in [2.24, 2.45) is 0 Å². The second kappa shape index (κ2) is 5.61. The van der Waals surface area contributed by atoms with Gasteiger partial charge in [-0.3, -0.25) is 0 Å². The highest BCUT2D eigenvalue weighted by molar-refractivity contribution is 7.07. The van der Waals surface area contributed by atoms with Crippen molar-refractivity contribution < 1.29 is 4.74 Å². The molecule has 0 amide bonds. The predicted molar refractivity (Wildman–Crippen MR) is 78.8 cm³/mol. The molecule has 2 aromatic rings. The first-order valence-electron chi connectivity index (χ1n) is 6.55. The van der Waals surface area contributed by atoms with Gasteiger partial charge in [-0.2, -0.15) is 16.6 Å². The first-order chi connectivity index (χ1) is 9.78. The molecule has 0 radical (unpaired) electrons. The first kappa shape index (κ1) is 13.1. The van der Waals surface area contributed by atoms with E-state index in [0.717, 1.165) is 18.9 Å². The van der Waals surface area contributed by atoms with Gasteiger partial charge in [0.2, 0.25) is 0 Å². The van der Waals surface area contributed by atoms with Crippen LogP contribution in [-0.4, -0.2) is 24.2 Å². The lowest BCUT2D eigenvalue weighted by Gasteiger charge is -2.37. The number of ether oxygens (including phenoxy) is 1. The van der Waals surface area contributed by atoms with Gasteiger partial charge in [-0.25, -0.2) is 4.98 Å². The molecule has 1 fully saturated rings. The van der Waals surface area contributed by atoms with E-state index in [2.05, 4.69) is 39.7 Å². The van der Waals surface area contributed by atoms with Gasteiger partial charge in [0.25, 0.3) is 0 Å². The Morgan fingerprint density at radius 1 is 1.45 bits per heavy atom. The van der Waals surface area contributed by atoms with Gasteiger partial charge in [-0.1, -0.05) is 0 Å². The van der Waals surface area contributed by atoms with Crippen molar-refractivity contribution >= 4 is 17.2 Å². The van der Waals surface area contributed by atoms with Crippen molar-refractivity contribution in [3.05, 3.63) is 46.3 Å². The minimum atomic E-state index is 0.0403. The van der Waals surface area contributed by atoms with Crippen LogP contribution < -0.4 is 4.90 Å². The summed E-state index contributed by atoms with van der Waals surface area (Å²) in [6.45, 7) is 3.54. The normalized spacial score (nSPS) is 22.5. The number of thiophene rings is 1. The lowest BCUT2D eigenvalue weighted by atomic mass is 10.1. The molecule has 2 aromatic heterocycles. The smallest absolute Gasteiger partial charge is 0.146 e. The van der Waals surface area contributed by atoms with Crippen LogP contribution in [0.4, 0.5) is 5.82 Å². The molecule has 5 heteroatoms. The summed E-state index contributed by atoms with van der Waals surface area (Å²) in [5.41, 5.74) is 1.81. The van der Waals surface area contributed by atoms with E-state index in [1.54, 1.807) is 23.6 Å². The average molecular weight is 285 g/mol. The molecule has 1 aliphatic heterocycles. The van der Waals surface area contributed by atoms with Crippen LogP contribution in [0.15, 0.2) is 35.2 Å². The van der Waals surface area contributed by atoms with Crippen molar-refractivity contribution in [2.45, 2.75) is 19.1 Å². The van der Waals surface area contributed by atoms with Crippen molar-refractivity contribution in [1.82, 2.24) is 4.98 Å². The van der Waals surface area contributed by atoms with E-state index in [-0.39, 0.29) is 12.2 Å². The SMILES string of the molecule is C[C@H]1CN(c2ncccc2C#N)C[C@@H](c2ccsc2)O1. The fraction of sp³-hybridized carbons (Fsp3) is 0.333. The molecule has 1 aliphatic rings. The van der Waals surface area contributed by atoms with Gasteiger partial charge in [0.15, 0.2) is 0 Å². The molecule has 0 saturated carbocycles. The van der Waals surface area contributed by atoms with Gasteiger partial charge in [-0.05, 0) is 41.4 Å². The second-order valence-electron chi connectivity index (χ2n) is 4.88. The van der Waals surface area contributed by atoms with Crippen LogP contribution in [0.5, 0.6) is 0 Å². The molecular formula is C15H15N3OS. The topological polar surface area (TPSA) is 49.2 Å². The zero-order chi connectivity index (χ0) is 13.9. The molecule has 0 N–H and O–H groups in total. The van der Waals surface area contributed by atoms with Crippen LogP contribution in [0.25, 0.3) is 0 Å². The van der Waals surface area contributed by atoms with E-state index in [1.807, 2.05) is 6.07 Å².